The zero-order valence-corrected chi connectivity index (χ0v) is 9.06. The lowest BCUT2D eigenvalue weighted by Gasteiger charge is -2.08. The van der Waals surface area contributed by atoms with Crippen molar-refractivity contribution in [2.75, 3.05) is 5.73 Å². The molecule has 2 N–H and O–H groups in total. The van der Waals surface area contributed by atoms with E-state index in [-0.39, 0.29) is 0 Å². The van der Waals surface area contributed by atoms with Crippen LogP contribution in [0, 0.1) is 11.3 Å². The van der Waals surface area contributed by atoms with Gasteiger partial charge in [0.05, 0.1) is 5.56 Å². The summed E-state index contributed by atoms with van der Waals surface area (Å²) in [6.07, 6.45) is -2.59. The van der Waals surface area contributed by atoms with Crippen LogP contribution in [-0.2, 0) is 9.05 Å². The number of pyridine rings is 1. The molecule has 0 amide bonds. The Morgan fingerprint density at radius 1 is 1.56 bits per heavy atom. The Hall–Kier alpha value is -1.46. The van der Waals surface area contributed by atoms with Crippen LogP contribution in [0.1, 0.15) is 17.6 Å². The standard InChI is InChI=1S/C7H4ClF2N3O2S/c8-16(14,15)4-2-13-7(12)3(1-11)5(4)6(9)10/h2,6H,(H2,12,13). The maximum atomic E-state index is 12.6. The van der Waals surface area contributed by atoms with Crippen molar-refractivity contribution in [1.82, 2.24) is 4.98 Å². The van der Waals surface area contributed by atoms with Gasteiger partial charge in [0.2, 0.25) is 0 Å². The van der Waals surface area contributed by atoms with E-state index in [1.54, 1.807) is 0 Å². The van der Waals surface area contributed by atoms with Crippen LogP contribution in [0.25, 0.3) is 0 Å². The van der Waals surface area contributed by atoms with Gasteiger partial charge in [0.25, 0.3) is 15.5 Å². The highest BCUT2D eigenvalue weighted by Gasteiger charge is 2.27. The van der Waals surface area contributed by atoms with Gasteiger partial charge in [-0.1, -0.05) is 0 Å². The minimum absolute atomic E-state index is 0.470. The molecule has 0 spiro atoms. The second-order valence-corrected chi connectivity index (χ2v) is 5.18. The molecule has 86 valence electrons. The van der Waals surface area contributed by atoms with Crippen LogP contribution in [0.5, 0.6) is 0 Å². The van der Waals surface area contributed by atoms with E-state index >= 15 is 0 Å². The number of halogens is 3. The molecule has 0 aliphatic heterocycles. The maximum absolute atomic E-state index is 12.6. The highest BCUT2D eigenvalue weighted by Crippen LogP contribution is 2.32. The van der Waals surface area contributed by atoms with Gasteiger partial charge in [0.1, 0.15) is 22.3 Å². The molecule has 0 bridgehead atoms. The highest BCUT2D eigenvalue weighted by molar-refractivity contribution is 8.13. The lowest BCUT2D eigenvalue weighted by Crippen LogP contribution is -2.07. The van der Waals surface area contributed by atoms with E-state index in [0.717, 1.165) is 0 Å². The molecular formula is C7H4ClF2N3O2S. The van der Waals surface area contributed by atoms with Gasteiger partial charge in [-0.3, -0.25) is 0 Å². The molecule has 1 aromatic rings. The number of anilines is 1. The summed E-state index contributed by atoms with van der Waals surface area (Å²) in [5.41, 5.74) is 3.47. The van der Waals surface area contributed by atoms with Crippen LogP contribution >= 0.6 is 10.7 Å². The van der Waals surface area contributed by atoms with Crippen molar-refractivity contribution in [1.29, 1.82) is 5.26 Å². The molecule has 9 heteroatoms. The van der Waals surface area contributed by atoms with E-state index < -0.39 is 37.3 Å². The minimum Gasteiger partial charge on any atom is -0.383 e. The third-order valence-corrected chi connectivity index (χ3v) is 3.05. The number of hydrogen-bond donors (Lipinski definition) is 1. The number of nitrogen functional groups attached to an aromatic ring is 1. The monoisotopic (exact) mass is 267 g/mol. The van der Waals surface area contributed by atoms with Crippen LogP contribution in [0.3, 0.4) is 0 Å². The summed E-state index contributed by atoms with van der Waals surface area (Å²) in [6.45, 7) is 0. The molecule has 0 fully saturated rings. The second kappa shape index (κ2) is 4.19. The number of alkyl halides is 2. The fraction of sp³-hybridized carbons (Fsp3) is 0.143. The number of hydrogen-bond acceptors (Lipinski definition) is 5. The molecule has 0 unspecified atom stereocenters. The first-order valence-electron chi connectivity index (χ1n) is 3.70. The van der Waals surface area contributed by atoms with Gasteiger partial charge >= 0.3 is 0 Å². The van der Waals surface area contributed by atoms with Crippen molar-refractivity contribution in [3.05, 3.63) is 17.3 Å². The summed E-state index contributed by atoms with van der Waals surface area (Å²) in [5.74, 6) is -0.470. The molecule has 1 aromatic heterocycles. The highest BCUT2D eigenvalue weighted by atomic mass is 35.7. The Kier molecular flexibility index (Phi) is 3.30. The maximum Gasteiger partial charge on any atom is 0.266 e. The molecule has 0 aliphatic rings. The summed E-state index contributed by atoms with van der Waals surface area (Å²) >= 11 is 0. The first-order chi connectivity index (χ1) is 7.29. The number of aromatic nitrogens is 1. The average molecular weight is 268 g/mol. The fourth-order valence-corrected chi connectivity index (χ4v) is 2.05. The first kappa shape index (κ1) is 12.6. The van der Waals surface area contributed by atoms with Crippen molar-refractivity contribution < 1.29 is 17.2 Å². The zero-order chi connectivity index (χ0) is 12.5. The second-order valence-electron chi connectivity index (χ2n) is 2.65. The van der Waals surface area contributed by atoms with Crippen LogP contribution in [0.15, 0.2) is 11.1 Å². The van der Waals surface area contributed by atoms with E-state index in [1.165, 1.54) is 6.07 Å². The van der Waals surface area contributed by atoms with Crippen molar-refractivity contribution in [3.63, 3.8) is 0 Å². The first-order valence-corrected chi connectivity index (χ1v) is 6.01. The third kappa shape index (κ3) is 2.20. The van der Waals surface area contributed by atoms with Gasteiger partial charge < -0.3 is 5.73 Å². The van der Waals surface area contributed by atoms with Crippen molar-refractivity contribution >= 4 is 25.6 Å². The summed E-state index contributed by atoms with van der Waals surface area (Å²) < 4.78 is 47.2. The van der Waals surface area contributed by atoms with Gasteiger partial charge in [-0.25, -0.2) is 22.2 Å². The Balaban J connectivity index is 3.74. The number of rotatable bonds is 2. The summed E-state index contributed by atoms with van der Waals surface area (Å²) in [6, 6.07) is 1.37. The van der Waals surface area contributed by atoms with E-state index in [0.29, 0.717) is 6.20 Å². The predicted molar refractivity (Wildman–Crippen MR) is 51.4 cm³/mol. The van der Waals surface area contributed by atoms with Gasteiger partial charge in [0.15, 0.2) is 0 Å². The smallest absolute Gasteiger partial charge is 0.266 e. The van der Waals surface area contributed by atoms with Crippen molar-refractivity contribution in [2.24, 2.45) is 0 Å². The third-order valence-electron chi connectivity index (χ3n) is 1.70. The van der Waals surface area contributed by atoms with Gasteiger partial charge in [-0.15, -0.1) is 0 Å². The molecule has 0 saturated heterocycles. The molecule has 1 heterocycles. The summed E-state index contributed by atoms with van der Waals surface area (Å²) in [7, 11) is 0.533. The lowest BCUT2D eigenvalue weighted by atomic mass is 10.1. The molecule has 0 atom stereocenters. The van der Waals surface area contributed by atoms with Crippen molar-refractivity contribution in [2.45, 2.75) is 11.3 Å². The predicted octanol–water partition coefficient (Wildman–Crippen LogP) is 1.40. The van der Waals surface area contributed by atoms with Gasteiger partial charge in [-0.05, 0) is 0 Å². The number of nitrogens with zero attached hydrogens (tertiary/aromatic N) is 2. The van der Waals surface area contributed by atoms with Crippen LogP contribution in [0.4, 0.5) is 14.6 Å². The van der Waals surface area contributed by atoms with E-state index in [9.17, 15) is 17.2 Å². The molecule has 0 saturated carbocycles. The van der Waals surface area contributed by atoms with Gasteiger partial charge in [0, 0.05) is 16.9 Å². The largest absolute Gasteiger partial charge is 0.383 e. The quantitative estimate of drug-likeness (QED) is 0.817. The van der Waals surface area contributed by atoms with Gasteiger partial charge in [-0.2, -0.15) is 5.26 Å². The van der Waals surface area contributed by atoms with Crippen LogP contribution in [-0.4, -0.2) is 13.4 Å². The molecule has 0 radical (unpaired) electrons. The van der Waals surface area contributed by atoms with Crippen LogP contribution in [0.2, 0.25) is 0 Å². The number of nitriles is 1. The Bertz CT molecular complexity index is 568. The molecule has 5 nitrogen and oxygen atoms in total. The minimum atomic E-state index is -4.40. The summed E-state index contributed by atoms with van der Waals surface area (Å²) in [4.78, 5) is 2.41. The number of nitrogens with two attached hydrogens (primary N) is 1. The van der Waals surface area contributed by atoms with E-state index in [4.69, 9.17) is 21.7 Å². The van der Waals surface area contributed by atoms with E-state index in [2.05, 4.69) is 4.98 Å². The SMILES string of the molecule is N#Cc1c(N)ncc(S(=O)(=O)Cl)c1C(F)F. The summed E-state index contributed by atoms with van der Waals surface area (Å²) in [5, 5.41) is 8.60. The molecule has 0 aromatic carbocycles. The topological polar surface area (TPSA) is 96.8 Å². The van der Waals surface area contributed by atoms with E-state index in [1.807, 2.05) is 0 Å². The zero-order valence-electron chi connectivity index (χ0n) is 7.49. The van der Waals surface area contributed by atoms with Crippen molar-refractivity contribution in [3.8, 4) is 6.07 Å². The fourth-order valence-electron chi connectivity index (χ4n) is 1.05. The lowest BCUT2D eigenvalue weighted by molar-refractivity contribution is 0.147. The molecule has 16 heavy (non-hydrogen) atoms. The Morgan fingerprint density at radius 2 is 2.12 bits per heavy atom. The van der Waals surface area contributed by atoms with Crippen LogP contribution < -0.4 is 5.73 Å². The Labute approximate surface area is 93.9 Å². The molecule has 0 aliphatic carbocycles. The average Bonchev–Trinajstić information content (AvgIpc) is 2.14. The Morgan fingerprint density at radius 3 is 2.50 bits per heavy atom. The molecular weight excluding hydrogens is 264 g/mol. The molecule has 1 rings (SSSR count). The normalized spacial score (nSPS) is 11.4.